The Kier molecular flexibility index (Phi) is 4.86. The Morgan fingerprint density at radius 2 is 2.09 bits per heavy atom. The molecule has 66 valence electrons. The number of hydrogen-bond acceptors (Lipinski definition) is 2. The van der Waals surface area contributed by atoms with Crippen LogP contribution in [0.4, 0.5) is 0 Å². The quantitative estimate of drug-likeness (QED) is 0.658. The monoisotopic (exact) mass is 159 g/mol. The summed E-state index contributed by atoms with van der Waals surface area (Å²) in [6.45, 7) is 6.24. The number of ether oxygens (including phenoxy) is 1. The van der Waals surface area contributed by atoms with Crippen LogP contribution in [-0.2, 0) is 9.53 Å². The van der Waals surface area contributed by atoms with E-state index in [1.54, 1.807) is 7.11 Å². The Hall–Kier alpha value is -0.570. The van der Waals surface area contributed by atoms with Crippen molar-refractivity contribution in [2.24, 2.45) is 5.92 Å². The van der Waals surface area contributed by atoms with E-state index in [1.165, 1.54) is 6.92 Å². The molecule has 0 saturated heterocycles. The van der Waals surface area contributed by atoms with Gasteiger partial charge in [0.25, 0.3) is 0 Å². The first kappa shape index (κ1) is 10.4. The third-order valence-electron chi connectivity index (χ3n) is 1.85. The molecule has 0 bridgehead atoms. The van der Waals surface area contributed by atoms with Crippen molar-refractivity contribution in [3.05, 3.63) is 0 Å². The van der Waals surface area contributed by atoms with Gasteiger partial charge >= 0.3 is 0 Å². The number of carbonyl (C=O) groups is 1. The Balaban J connectivity index is 3.51. The van der Waals surface area contributed by atoms with Crippen molar-refractivity contribution in [1.29, 1.82) is 0 Å². The molecule has 3 nitrogen and oxygen atoms in total. The van der Waals surface area contributed by atoms with E-state index >= 15 is 0 Å². The normalized spacial score (nSPS) is 15.6. The van der Waals surface area contributed by atoms with Crippen LogP contribution < -0.4 is 5.32 Å². The largest absolute Gasteiger partial charge is 0.381 e. The van der Waals surface area contributed by atoms with E-state index < -0.39 is 0 Å². The van der Waals surface area contributed by atoms with Crippen LogP contribution in [0.5, 0.6) is 0 Å². The number of amides is 1. The smallest absolute Gasteiger partial charge is 0.216 e. The lowest BCUT2D eigenvalue weighted by Crippen LogP contribution is -2.31. The van der Waals surface area contributed by atoms with E-state index in [0.717, 1.165) is 0 Å². The zero-order valence-corrected chi connectivity index (χ0v) is 7.68. The number of nitrogens with one attached hydrogen (secondary N) is 1. The lowest BCUT2D eigenvalue weighted by Gasteiger charge is -2.17. The van der Waals surface area contributed by atoms with Gasteiger partial charge in [0.2, 0.25) is 5.91 Å². The first-order valence-electron chi connectivity index (χ1n) is 3.85. The van der Waals surface area contributed by atoms with Crippen LogP contribution in [0.2, 0.25) is 0 Å². The number of hydrogen-bond donors (Lipinski definition) is 1. The van der Waals surface area contributed by atoms with E-state index in [0.29, 0.717) is 12.5 Å². The zero-order chi connectivity index (χ0) is 8.85. The molecule has 1 amide bonds. The third kappa shape index (κ3) is 4.79. The first-order valence-corrected chi connectivity index (χ1v) is 3.85. The van der Waals surface area contributed by atoms with E-state index in [9.17, 15) is 4.79 Å². The molecule has 2 unspecified atom stereocenters. The highest BCUT2D eigenvalue weighted by Crippen LogP contribution is 2.03. The molecule has 0 saturated carbocycles. The van der Waals surface area contributed by atoms with Crippen molar-refractivity contribution < 1.29 is 9.53 Å². The fourth-order valence-electron chi connectivity index (χ4n) is 0.703. The Labute approximate surface area is 68.1 Å². The summed E-state index contributed by atoms with van der Waals surface area (Å²) in [6, 6.07) is 0. The molecule has 11 heavy (non-hydrogen) atoms. The Morgan fingerprint density at radius 3 is 2.45 bits per heavy atom. The standard InChI is InChI=1S/C8H17NO2/c1-6(7(2)11-4)5-9-8(3)10/h6-7H,5H2,1-4H3,(H,9,10). The molecule has 0 aliphatic heterocycles. The fraction of sp³-hybridized carbons (Fsp3) is 0.875. The van der Waals surface area contributed by atoms with Gasteiger partial charge in [0.1, 0.15) is 0 Å². The van der Waals surface area contributed by atoms with Crippen molar-refractivity contribution in [2.75, 3.05) is 13.7 Å². The Morgan fingerprint density at radius 1 is 1.55 bits per heavy atom. The molecule has 1 N–H and O–H groups in total. The average molecular weight is 159 g/mol. The van der Waals surface area contributed by atoms with Crippen LogP contribution in [0.15, 0.2) is 0 Å². The summed E-state index contributed by atoms with van der Waals surface area (Å²) < 4.78 is 5.09. The highest BCUT2D eigenvalue weighted by atomic mass is 16.5. The summed E-state index contributed by atoms with van der Waals surface area (Å²) in [5.74, 6) is 0.379. The minimum Gasteiger partial charge on any atom is -0.381 e. The fourth-order valence-corrected chi connectivity index (χ4v) is 0.703. The first-order chi connectivity index (χ1) is 5.07. The second kappa shape index (κ2) is 5.13. The molecule has 0 aromatic carbocycles. The van der Waals surface area contributed by atoms with Gasteiger partial charge in [-0.2, -0.15) is 0 Å². The molecule has 0 aliphatic carbocycles. The van der Waals surface area contributed by atoms with Crippen LogP contribution >= 0.6 is 0 Å². The van der Waals surface area contributed by atoms with Gasteiger partial charge in [-0.15, -0.1) is 0 Å². The van der Waals surface area contributed by atoms with E-state index in [1.807, 2.05) is 13.8 Å². The lowest BCUT2D eigenvalue weighted by molar-refractivity contribution is -0.119. The molecule has 0 aliphatic rings. The molecule has 0 aromatic heterocycles. The maximum absolute atomic E-state index is 10.5. The molecule has 0 radical (unpaired) electrons. The average Bonchev–Trinajstić information content (AvgIpc) is 1.98. The number of rotatable bonds is 4. The number of carbonyl (C=O) groups excluding carboxylic acids is 1. The topological polar surface area (TPSA) is 38.3 Å². The van der Waals surface area contributed by atoms with Gasteiger partial charge in [-0.25, -0.2) is 0 Å². The molecule has 0 heterocycles. The maximum Gasteiger partial charge on any atom is 0.216 e. The highest BCUT2D eigenvalue weighted by Gasteiger charge is 2.10. The predicted octanol–water partition coefficient (Wildman–Crippen LogP) is 0.793. The molecule has 0 spiro atoms. The molecular formula is C8H17NO2. The third-order valence-corrected chi connectivity index (χ3v) is 1.85. The highest BCUT2D eigenvalue weighted by molar-refractivity contribution is 5.72. The minimum absolute atomic E-state index is 0.0140. The summed E-state index contributed by atoms with van der Waals surface area (Å²) >= 11 is 0. The van der Waals surface area contributed by atoms with Gasteiger partial charge in [-0.3, -0.25) is 4.79 Å². The molecule has 0 rings (SSSR count). The second-order valence-corrected chi connectivity index (χ2v) is 2.86. The van der Waals surface area contributed by atoms with Gasteiger partial charge in [0, 0.05) is 20.6 Å². The van der Waals surface area contributed by atoms with Crippen LogP contribution in [0.25, 0.3) is 0 Å². The summed E-state index contributed by atoms with van der Waals surface area (Å²) in [7, 11) is 1.68. The van der Waals surface area contributed by atoms with Crippen LogP contribution in [0, 0.1) is 5.92 Å². The van der Waals surface area contributed by atoms with Crippen LogP contribution in [0.1, 0.15) is 20.8 Å². The van der Waals surface area contributed by atoms with Gasteiger partial charge in [0.15, 0.2) is 0 Å². The van der Waals surface area contributed by atoms with Crippen molar-refractivity contribution in [3.63, 3.8) is 0 Å². The van der Waals surface area contributed by atoms with Crippen molar-refractivity contribution in [2.45, 2.75) is 26.9 Å². The molecular weight excluding hydrogens is 142 g/mol. The van der Waals surface area contributed by atoms with Crippen LogP contribution in [-0.4, -0.2) is 25.7 Å². The van der Waals surface area contributed by atoms with Crippen LogP contribution in [0.3, 0.4) is 0 Å². The summed E-state index contributed by atoms with van der Waals surface area (Å²) in [6.07, 6.45) is 0.196. The molecule has 2 atom stereocenters. The summed E-state index contributed by atoms with van der Waals surface area (Å²) in [5.41, 5.74) is 0. The van der Waals surface area contributed by atoms with Crippen molar-refractivity contribution in [1.82, 2.24) is 5.32 Å². The van der Waals surface area contributed by atoms with Gasteiger partial charge < -0.3 is 10.1 Å². The van der Waals surface area contributed by atoms with Gasteiger partial charge in [-0.1, -0.05) is 6.92 Å². The summed E-state index contributed by atoms with van der Waals surface area (Å²) in [5, 5.41) is 2.74. The van der Waals surface area contributed by atoms with E-state index in [-0.39, 0.29) is 12.0 Å². The van der Waals surface area contributed by atoms with Crippen molar-refractivity contribution >= 4 is 5.91 Å². The minimum atomic E-state index is 0.0140. The van der Waals surface area contributed by atoms with E-state index in [2.05, 4.69) is 5.32 Å². The maximum atomic E-state index is 10.5. The second-order valence-electron chi connectivity index (χ2n) is 2.86. The van der Waals surface area contributed by atoms with Crippen molar-refractivity contribution in [3.8, 4) is 0 Å². The van der Waals surface area contributed by atoms with Gasteiger partial charge in [0.05, 0.1) is 6.10 Å². The molecule has 0 aromatic rings. The number of methoxy groups -OCH3 is 1. The predicted molar refractivity (Wildman–Crippen MR) is 44.3 cm³/mol. The zero-order valence-electron chi connectivity index (χ0n) is 7.68. The van der Waals surface area contributed by atoms with E-state index in [4.69, 9.17) is 4.74 Å². The van der Waals surface area contributed by atoms with Gasteiger partial charge in [-0.05, 0) is 12.8 Å². The molecule has 0 fully saturated rings. The SMILES string of the molecule is COC(C)C(C)CNC(C)=O. The summed E-state index contributed by atoms with van der Waals surface area (Å²) in [4.78, 5) is 10.5. The lowest BCUT2D eigenvalue weighted by atomic mass is 10.1. The molecule has 3 heteroatoms. The Bertz CT molecular complexity index is 125.